The molecule has 2 aromatic rings. The van der Waals surface area contributed by atoms with Crippen molar-refractivity contribution in [2.24, 2.45) is 0 Å². The molecule has 0 fully saturated rings. The van der Waals surface area contributed by atoms with Gasteiger partial charge in [0.05, 0.1) is 4.90 Å². The van der Waals surface area contributed by atoms with E-state index in [0.29, 0.717) is 17.1 Å². The Labute approximate surface area is 156 Å². The van der Waals surface area contributed by atoms with Gasteiger partial charge in [-0.25, -0.2) is 17.9 Å². The number of sulfonamides is 1. The summed E-state index contributed by atoms with van der Waals surface area (Å²) in [6, 6.07) is 10.6. The van der Waals surface area contributed by atoms with Crippen LogP contribution in [0.25, 0.3) is 0 Å². The molecular weight excluding hydrogens is 378 g/mol. The quantitative estimate of drug-likeness (QED) is 0.699. The van der Waals surface area contributed by atoms with Crippen molar-refractivity contribution in [3.8, 4) is 0 Å². The maximum Gasteiger partial charge on any atom is 0.333 e. The third-order valence-electron chi connectivity index (χ3n) is 3.27. The number of halogens is 1. The predicted octanol–water partition coefficient (Wildman–Crippen LogP) is 2.99. The maximum atomic E-state index is 12.2. The monoisotopic (exact) mass is 395 g/mol. The van der Waals surface area contributed by atoms with E-state index in [9.17, 15) is 18.0 Å². The first kappa shape index (κ1) is 19.7. The molecule has 0 aliphatic carbocycles. The number of carbonyl (C=O) groups is 2. The minimum Gasteiger partial charge on any atom is -0.352 e. The largest absolute Gasteiger partial charge is 0.352 e. The van der Waals surface area contributed by atoms with Gasteiger partial charge in [0.2, 0.25) is 0 Å². The molecule has 0 radical (unpaired) electrons. The van der Waals surface area contributed by atoms with Crippen molar-refractivity contribution in [1.82, 2.24) is 10.0 Å². The van der Waals surface area contributed by atoms with Crippen molar-refractivity contribution < 1.29 is 18.0 Å². The molecule has 0 aromatic heterocycles. The maximum absolute atomic E-state index is 12.2. The van der Waals surface area contributed by atoms with Gasteiger partial charge in [-0.05, 0) is 48.9 Å². The summed E-state index contributed by atoms with van der Waals surface area (Å²) in [6.45, 7) is 2.47. The fourth-order valence-electron chi connectivity index (χ4n) is 2.03. The van der Waals surface area contributed by atoms with Gasteiger partial charge in [0.1, 0.15) is 0 Å². The highest BCUT2D eigenvalue weighted by Gasteiger charge is 2.17. The van der Waals surface area contributed by atoms with Gasteiger partial charge < -0.3 is 10.6 Å². The van der Waals surface area contributed by atoms with Crippen LogP contribution in [0.1, 0.15) is 23.7 Å². The molecule has 0 bridgehead atoms. The molecule has 2 aromatic carbocycles. The summed E-state index contributed by atoms with van der Waals surface area (Å²) >= 11 is 5.72. The molecule has 0 aliphatic heterocycles. The molecule has 0 saturated heterocycles. The number of urea groups is 1. The Balaban J connectivity index is 2.05. The van der Waals surface area contributed by atoms with Gasteiger partial charge in [0, 0.05) is 22.8 Å². The lowest BCUT2D eigenvalue weighted by atomic mass is 10.2. The SMILES string of the molecule is CCCNC(=O)c1cccc(NC(=O)NS(=O)(=O)c2ccc(Cl)cc2)c1. The summed E-state index contributed by atoms with van der Waals surface area (Å²) in [5.41, 5.74) is 0.648. The second-order valence-corrected chi connectivity index (χ2v) is 7.47. The molecule has 9 heteroatoms. The molecule has 26 heavy (non-hydrogen) atoms. The summed E-state index contributed by atoms with van der Waals surface area (Å²) in [6.07, 6.45) is 0.800. The highest BCUT2D eigenvalue weighted by atomic mass is 35.5. The molecule has 0 atom stereocenters. The number of hydrogen-bond donors (Lipinski definition) is 3. The van der Waals surface area contributed by atoms with Crippen LogP contribution in [-0.4, -0.2) is 26.9 Å². The zero-order chi connectivity index (χ0) is 19.2. The number of amides is 3. The van der Waals surface area contributed by atoms with E-state index in [4.69, 9.17) is 11.6 Å². The van der Waals surface area contributed by atoms with Crippen molar-refractivity contribution in [2.75, 3.05) is 11.9 Å². The van der Waals surface area contributed by atoms with Gasteiger partial charge in [-0.15, -0.1) is 0 Å². The van der Waals surface area contributed by atoms with Gasteiger partial charge in [0.25, 0.3) is 15.9 Å². The molecule has 0 heterocycles. The number of benzene rings is 2. The summed E-state index contributed by atoms with van der Waals surface area (Å²) in [5.74, 6) is -0.273. The van der Waals surface area contributed by atoms with E-state index in [1.807, 2.05) is 11.6 Å². The molecule has 2 rings (SSSR count). The molecule has 3 amide bonds. The van der Waals surface area contributed by atoms with Crippen LogP contribution < -0.4 is 15.4 Å². The molecule has 0 saturated carbocycles. The highest BCUT2D eigenvalue weighted by molar-refractivity contribution is 7.90. The lowest BCUT2D eigenvalue weighted by molar-refractivity contribution is 0.0953. The smallest absolute Gasteiger partial charge is 0.333 e. The van der Waals surface area contributed by atoms with Gasteiger partial charge in [-0.2, -0.15) is 0 Å². The standard InChI is InChI=1S/C17H18ClN3O4S/c1-2-10-19-16(22)12-4-3-5-14(11-12)20-17(23)21-26(24,25)15-8-6-13(18)7-9-15/h3-9,11H,2,10H2,1H3,(H,19,22)(H2,20,21,23). The topological polar surface area (TPSA) is 104 Å². The number of carbonyl (C=O) groups excluding carboxylic acids is 2. The Bertz CT molecular complexity index is 898. The first-order valence-corrected chi connectivity index (χ1v) is 9.65. The number of nitrogens with one attached hydrogen (secondary N) is 3. The molecule has 0 unspecified atom stereocenters. The third-order valence-corrected chi connectivity index (χ3v) is 4.87. The summed E-state index contributed by atoms with van der Waals surface area (Å²) in [4.78, 5) is 23.8. The molecule has 7 nitrogen and oxygen atoms in total. The van der Waals surface area contributed by atoms with Crippen LogP contribution in [0, 0.1) is 0 Å². The van der Waals surface area contributed by atoms with Crippen molar-refractivity contribution in [3.63, 3.8) is 0 Å². The number of anilines is 1. The Morgan fingerprint density at radius 1 is 1.08 bits per heavy atom. The van der Waals surface area contributed by atoms with E-state index in [-0.39, 0.29) is 16.5 Å². The Kier molecular flexibility index (Phi) is 6.59. The summed E-state index contributed by atoms with van der Waals surface area (Å²) < 4.78 is 26.2. The molecular formula is C17H18ClN3O4S. The van der Waals surface area contributed by atoms with Gasteiger partial charge in [-0.3, -0.25) is 4.79 Å². The second kappa shape index (κ2) is 8.68. The van der Waals surface area contributed by atoms with Crippen LogP contribution in [0.3, 0.4) is 0 Å². The van der Waals surface area contributed by atoms with Crippen molar-refractivity contribution in [1.29, 1.82) is 0 Å². The third kappa shape index (κ3) is 5.47. The van der Waals surface area contributed by atoms with Crippen LogP contribution >= 0.6 is 11.6 Å². The second-order valence-electron chi connectivity index (χ2n) is 5.35. The lowest BCUT2D eigenvalue weighted by Crippen LogP contribution is -2.34. The van der Waals surface area contributed by atoms with Crippen LogP contribution in [0.4, 0.5) is 10.5 Å². The molecule has 0 spiro atoms. The Hall–Kier alpha value is -2.58. The fourth-order valence-corrected chi connectivity index (χ4v) is 3.06. The summed E-state index contributed by atoms with van der Waals surface area (Å²) in [7, 11) is -4.03. The zero-order valence-electron chi connectivity index (χ0n) is 14.0. The van der Waals surface area contributed by atoms with E-state index < -0.39 is 16.1 Å². The van der Waals surface area contributed by atoms with E-state index in [1.165, 1.54) is 30.3 Å². The predicted molar refractivity (Wildman–Crippen MR) is 99.9 cm³/mol. The van der Waals surface area contributed by atoms with Gasteiger partial charge >= 0.3 is 6.03 Å². The molecule has 138 valence electrons. The number of rotatable bonds is 6. The van der Waals surface area contributed by atoms with Gasteiger partial charge in [-0.1, -0.05) is 24.6 Å². The summed E-state index contributed by atoms with van der Waals surface area (Å²) in [5, 5.41) is 5.50. The fraction of sp³-hybridized carbons (Fsp3) is 0.176. The number of hydrogen-bond acceptors (Lipinski definition) is 4. The van der Waals surface area contributed by atoms with E-state index in [2.05, 4.69) is 10.6 Å². The normalized spacial score (nSPS) is 10.8. The minimum absolute atomic E-state index is 0.0928. The van der Waals surface area contributed by atoms with Crippen molar-refractivity contribution in [2.45, 2.75) is 18.2 Å². The van der Waals surface area contributed by atoms with Crippen molar-refractivity contribution >= 4 is 39.2 Å². The van der Waals surface area contributed by atoms with Crippen LogP contribution in [-0.2, 0) is 10.0 Å². The Morgan fingerprint density at radius 3 is 2.42 bits per heavy atom. The zero-order valence-corrected chi connectivity index (χ0v) is 15.5. The first-order valence-electron chi connectivity index (χ1n) is 7.79. The van der Waals surface area contributed by atoms with Crippen LogP contribution in [0.15, 0.2) is 53.4 Å². The average molecular weight is 396 g/mol. The van der Waals surface area contributed by atoms with Crippen LogP contribution in [0.5, 0.6) is 0 Å². The van der Waals surface area contributed by atoms with E-state index in [1.54, 1.807) is 18.2 Å². The van der Waals surface area contributed by atoms with E-state index >= 15 is 0 Å². The van der Waals surface area contributed by atoms with E-state index in [0.717, 1.165) is 6.42 Å². The van der Waals surface area contributed by atoms with Crippen LogP contribution in [0.2, 0.25) is 5.02 Å². The Morgan fingerprint density at radius 2 is 1.77 bits per heavy atom. The molecule has 0 aliphatic rings. The lowest BCUT2D eigenvalue weighted by Gasteiger charge is -2.10. The first-order chi connectivity index (χ1) is 12.3. The molecule has 3 N–H and O–H groups in total. The minimum atomic E-state index is -4.03. The highest BCUT2D eigenvalue weighted by Crippen LogP contribution is 2.15. The van der Waals surface area contributed by atoms with Gasteiger partial charge in [0.15, 0.2) is 0 Å². The van der Waals surface area contributed by atoms with Crippen molar-refractivity contribution in [3.05, 3.63) is 59.1 Å². The average Bonchev–Trinajstić information content (AvgIpc) is 2.59.